The van der Waals surface area contributed by atoms with Gasteiger partial charge in [0.1, 0.15) is 5.01 Å². The minimum atomic E-state index is -1.33. The van der Waals surface area contributed by atoms with Crippen molar-refractivity contribution in [3.8, 4) is 10.6 Å². The molecular weight excluding hydrogens is 364 g/mol. The summed E-state index contributed by atoms with van der Waals surface area (Å²) in [6.45, 7) is 0. The molecule has 2 aromatic carbocycles. The molecule has 0 fully saturated rings. The molecule has 0 aliphatic rings. The number of hydrogen-bond acceptors (Lipinski definition) is 3. The molecule has 0 radical (unpaired) electrons. The molecule has 3 nitrogen and oxygen atoms in total. The lowest BCUT2D eigenvalue weighted by atomic mass is 10.1. The van der Waals surface area contributed by atoms with Crippen molar-refractivity contribution in [1.82, 2.24) is 4.98 Å². The summed E-state index contributed by atoms with van der Waals surface area (Å²) in [5, 5.41) is 9.47. The smallest absolute Gasteiger partial charge is 0.336 e. The fourth-order valence-corrected chi connectivity index (χ4v) is 3.46. The number of thiazole rings is 1. The number of nitrogens with zero attached hydrogens (tertiary/aromatic N) is 1. The van der Waals surface area contributed by atoms with Gasteiger partial charge in [0, 0.05) is 10.0 Å². The van der Waals surface area contributed by atoms with E-state index in [9.17, 15) is 13.6 Å². The maximum atomic E-state index is 13.4. The molecule has 3 rings (SSSR count). The molecule has 0 amide bonds. The highest BCUT2D eigenvalue weighted by Gasteiger charge is 2.19. The fourth-order valence-electron chi connectivity index (χ4n) is 1.91. The van der Waals surface area contributed by atoms with Crippen LogP contribution in [0.5, 0.6) is 0 Å². The summed E-state index contributed by atoms with van der Waals surface area (Å²) in [5.74, 6) is -3.63. The van der Waals surface area contributed by atoms with Crippen LogP contribution >= 0.6 is 27.3 Å². The van der Waals surface area contributed by atoms with Crippen LogP contribution in [-0.4, -0.2) is 16.1 Å². The average molecular weight is 370 g/mol. The van der Waals surface area contributed by atoms with Crippen LogP contribution in [0.4, 0.5) is 8.78 Å². The normalized spacial score (nSPS) is 11.0. The number of aromatic carboxylic acids is 1. The van der Waals surface area contributed by atoms with Gasteiger partial charge < -0.3 is 5.11 Å². The van der Waals surface area contributed by atoms with Crippen LogP contribution in [-0.2, 0) is 0 Å². The first kappa shape index (κ1) is 14.1. The van der Waals surface area contributed by atoms with Crippen LogP contribution in [0.2, 0.25) is 0 Å². The number of aromatic nitrogens is 1. The Hall–Kier alpha value is -1.86. The van der Waals surface area contributed by atoms with E-state index in [1.807, 2.05) is 6.07 Å². The molecule has 21 heavy (non-hydrogen) atoms. The van der Waals surface area contributed by atoms with E-state index in [0.29, 0.717) is 16.6 Å². The van der Waals surface area contributed by atoms with E-state index >= 15 is 0 Å². The summed E-state index contributed by atoms with van der Waals surface area (Å²) < 4.78 is 28.3. The largest absolute Gasteiger partial charge is 0.478 e. The van der Waals surface area contributed by atoms with Crippen LogP contribution in [0.1, 0.15) is 10.4 Å². The predicted molar refractivity (Wildman–Crippen MR) is 79.6 cm³/mol. The third kappa shape index (κ3) is 2.54. The Kier molecular flexibility index (Phi) is 3.46. The van der Waals surface area contributed by atoms with Crippen LogP contribution in [0.15, 0.2) is 34.8 Å². The van der Waals surface area contributed by atoms with Gasteiger partial charge in [-0.15, -0.1) is 11.3 Å². The molecule has 3 aromatic rings. The van der Waals surface area contributed by atoms with E-state index in [4.69, 9.17) is 5.11 Å². The number of carboxylic acids is 1. The number of fused-ring (bicyclic) bond motifs is 1. The second-order valence-electron chi connectivity index (χ2n) is 4.25. The number of benzene rings is 2. The lowest BCUT2D eigenvalue weighted by molar-refractivity contribution is 0.0697. The Morgan fingerprint density at radius 1 is 1.19 bits per heavy atom. The Morgan fingerprint density at radius 2 is 1.90 bits per heavy atom. The number of hydrogen-bond donors (Lipinski definition) is 1. The third-order valence-corrected chi connectivity index (χ3v) is 4.42. The van der Waals surface area contributed by atoms with Gasteiger partial charge in [-0.3, -0.25) is 0 Å². The minimum Gasteiger partial charge on any atom is -0.478 e. The van der Waals surface area contributed by atoms with Crippen molar-refractivity contribution in [2.24, 2.45) is 0 Å². The van der Waals surface area contributed by atoms with Crippen LogP contribution in [0.25, 0.3) is 20.8 Å². The van der Waals surface area contributed by atoms with E-state index in [0.717, 1.165) is 15.2 Å². The van der Waals surface area contributed by atoms with Crippen molar-refractivity contribution >= 4 is 43.5 Å². The highest BCUT2D eigenvalue weighted by Crippen LogP contribution is 2.34. The molecule has 0 unspecified atom stereocenters. The molecular formula is C14H6BrF2NO2S. The molecule has 7 heteroatoms. The van der Waals surface area contributed by atoms with Crippen molar-refractivity contribution < 1.29 is 18.7 Å². The maximum absolute atomic E-state index is 13.4. The Bertz CT molecular complexity index is 879. The van der Waals surface area contributed by atoms with Crippen molar-refractivity contribution in [3.05, 3.63) is 52.0 Å². The molecule has 0 saturated heterocycles. The van der Waals surface area contributed by atoms with E-state index in [1.54, 1.807) is 12.1 Å². The van der Waals surface area contributed by atoms with Gasteiger partial charge in [-0.2, -0.15) is 0 Å². The van der Waals surface area contributed by atoms with Crippen LogP contribution < -0.4 is 0 Å². The third-order valence-electron chi connectivity index (χ3n) is 2.87. The summed E-state index contributed by atoms with van der Waals surface area (Å²) in [6, 6.07) is 6.94. The molecule has 1 N–H and O–H groups in total. The number of carboxylic acid groups (broad SMARTS) is 1. The first-order valence-electron chi connectivity index (χ1n) is 5.74. The van der Waals surface area contributed by atoms with Crippen molar-refractivity contribution in [2.45, 2.75) is 0 Å². The van der Waals surface area contributed by atoms with Gasteiger partial charge in [0.15, 0.2) is 11.6 Å². The fraction of sp³-hybridized carbons (Fsp3) is 0. The first-order valence-corrected chi connectivity index (χ1v) is 7.35. The zero-order valence-electron chi connectivity index (χ0n) is 10.2. The summed E-state index contributed by atoms with van der Waals surface area (Å²) in [4.78, 5) is 15.5. The Morgan fingerprint density at radius 3 is 2.62 bits per heavy atom. The number of halogens is 3. The van der Waals surface area contributed by atoms with Gasteiger partial charge in [-0.1, -0.05) is 15.9 Å². The molecule has 0 spiro atoms. The molecule has 0 aliphatic heterocycles. The summed E-state index contributed by atoms with van der Waals surface area (Å²) in [7, 11) is 0. The van der Waals surface area contributed by atoms with Gasteiger partial charge in [0.25, 0.3) is 0 Å². The second kappa shape index (κ2) is 5.16. The van der Waals surface area contributed by atoms with Gasteiger partial charge >= 0.3 is 5.97 Å². The minimum absolute atomic E-state index is 0.0683. The van der Waals surface area contributed by atoms with Crippen LogP contribution in [0.3, 0.4) is 0 Å². The van der Waals surface area contributed by atoms with E-state index in [1.165, 1.54) is 11.3 Å². The Balaban J connectivity index is 2.26. The van der Waals surface area contributed by atoms with Crippen molar-refractivity contribution in [1.29, 1.82) is 0 Å². The predicted octanol–water partition coefficient (Wildman–Crippen LogP) is 4.70. The van der Waals surface area contributed by atoms with E-state index in [-0.39, 0.29) is 11.1 Å². The van der Waals surface area contributed by atoms with E-state index in [2.05, 4.69) is 20.9 Å². The molecule has 0 saturated carbocycles. The molecule has 0 aliphatic carbocycles. The molecule has 106 valence electrons. The highest BCUT2D eigenvalue weighted by atomic mass is 79.9. The maximum Gasteiger partial charge on any atom is 0.336 e. The SMILES string of the molecule is O=C(O)c1cc(F)c(F)cc1-c1nc2ccc(Br)cc2s1. The average Bonchev–Trinajstić information content (AvgIpc) is 2.83. The number of carbonyl (C=O) groups is 1. The zero-order chi connectivity index (χ0) is 15.1. The topological polar surface area (TPSA) is 50.2 Å². The highest BCUT2D eigenvalue weighted by molar-refractivity contribution is 9.10. The second-order valence-corrected chi connectivity index (χ2v) is 6.19. The molecule has 1 aromatic heterocycles. The van der Waals surface area contributed by atoms with Crippen LogP contribution in [0, 0.1) is 11.6 Å². The summed E-state index contributed by atoms with van der Waals surface area (Å²) in [6.07, 6.45) is 0. The first-order chi connectivity index (χ1) is 9.95. The molecule has 0 bridgehead atoms. The van der Waals surface area contributed by atoms with Gasteiger partial charge in [-0.25, -0.2) is 18.6 Å². The number of rotatable bonds is 2. The van der Waals surface area contributed by atoms with Gasteiger partial charge in [0.05, 0.1) is 15.8 Å². The Labute approximate surface area is 130 Å². The summed E-state index contributed by atoms with van der Waals surface area (Å²) >= 11 is 4.55. The lowest BCUT2D eigenvalue weighted by Gasteiger charge is -2.03. The monoisotopic (exact) mass is 369 g/mol. The quantitative estimate of drug-likeness (QED) is 0.711. The van der Waals surface area contributed by atoms with Crippen molar-refractivity contribution in [3.63, 3.8) is 0 Å². The summed E-state index contributed by atoms with van der Waals surface area (Å²) in [5.41, 5.74) is 0.421. The van der Waals surface area contributed by atoms with Gasteiger partial charge in [-0.05, 0) is 30.3 Å². The standard InChI is InChI=1S/C14H6BrF2NO2S/c15-6-1-2-11-12(3-6)21-13(18-11)7-4-9(16)10(17)5-8(7)14(19)20/h1-5H,(H,19,20). The van der Waals surface area contributed by atoms with Gasteiger partial charge in [0.2, 0.25) is 0 Å². The molecule has 1 heterocycles. The lowest BCUT2D eigenvalue weighted by Crippen LogP contribution is -2.02. The zero-order valence-corrected chi connectivity index (χ0v) is 12.6. The molecule has 0 atom stereocenters. The van der Waals surface area contributed by atoms with Crippen molar-refractivity contribution in [2.75, 3.05) is 0 Å². The van der Waals surface area contributed by atoms with E-state index < -0.39 is 17.6 Å².